The van der Waals surface area contributed by atoms with Gasteiger partial charge in [0.15, 0.2) is 0 Å². The lowest BCUT2D eigenvalue weighted by Crippen LogP contribution is -2.30. The van der Waals surface area contributed by atoms with Crippen molar-refractivity contribution < 1.29 is 4.74 Å². The molecule has 1 aromatic carbocycles. The van der Waals surface area contributed by atoms with E-state index in [4.69, 9.17) is 4.74 Å². The minimum absolute atomic E-state index is 0.518. The fourth-order valence-electron chi connectivity index (χ4n) is 2.36. The van der Waals surface area contributed by atoms with E-state index >= 15 is 0 Å². The van der Waals surface area contributed by atoms with Gasteiger partial charge in [-0.2, -0.15) is 0 Å². The summed E-state index contributed by atoms with van der Waals surface area (Å²) in [6.07, 6.45) is 4.36. The highest BCUT2D eigenvalue weighted by molar-refractivity contribution is 5.24. The van der Waals surface area contributed by atoms with E-state index < -0.39 is 0 Å². The molecule has 0 saturated heterocycles. The molecule has 0 atom stereocenters. The average Bonchev–Trinajstić information content (AvgIpc) is 2.28. The summed E-state index contributed by atoms with van der Waals surface area (Å²) >= 11 is 0. The first-order chi connectivity index (χ1) is 8.19. The molecule has 0 unspecified atom stereocenters. The Labute approximate surface area is 105 Å². The zero-order chi connectivity index (χ0) is 12.3. The van der Waals surface area contributed by atoms with Crippen molar-refractivity contribution >= 4 is 0 Å². The third-order valence-corrected chi connectivity index (χ3v) is 3.90. The van der Waals surface area contributed by atoms with Gasteiger partial charge in [-0.1, -0.05) is 51.5 Å². The van der Waals surface area contributed by atoms with Crippen molar-refractivity contribution in [1.82, 2.24) is 0 Å². The number of rotatable bonds is 5. The number of hydrogen-bond acceptors (Lipinski definition) is 1. The molecule has 0 spiro atoms. The first-order valence-corrected chi connectivity index (χ1v) is 6.89. The summed E-state index contributed by atoms with van der Waals surface area (Å²) < 4.78 is 5.90. The third-order valence-electron chi connectivity index (χ3n) is 3.90. The van der Waals surface area contributed by atoms with E-state index in [-0.39, 0.29) is 0 Å². The van der Waals surface area contributed by atoms with Crippen LogP contribution in [-0.4, -0.2) is 6.10 Å². The normalized spacial score (nSPS) is 23.8. The van der Waals surface area contributed by atoms with Gasteiger partial charge in [0.25, 0.3) is 0 Å². The quantitative estimate of drug-likeness (QED) is 0.725. The van der Waals surface area contributed by atoms with Crippen molar-refractivity contribution in [3.63, 3.8) is 0 Å². The monoisotopic (exact) mass is 232 g/mol. The Hall–Kier alpha value is -0.820. The van der Waals surface area contributed by atoms with E-state index in [1.165, 1.54) is 30.4 Å². The molecule has 1 heteroatoms. The fourth-order valence-corrected chi connectivity index (χ4v) is 2.36. The van der Waals surface area contributed by atoms with E-state index in [1.807, 2.05) is 0 Å². The second kappa shape index (κ2) is 5.68. The second-order valence-corrected chi connectivity index (χ2v) is 5.57. The zero-order valence-electron chi connectivity index (χ0n) is 11.3. The van der Waals surface area contributed by atoms with Gasteiger partial charge in [0.05, 0.1) is 12.7 Å². The van der Waals surface area contributed by atoms with E-state index in [1.54, 1.807) is 0 Å². The van der Waals surface area contributed by atoms with Gasteiger partial charge in [-0.05, 0) is 35.8 Å². The van der Waals surface area contributed by atoms with Crippen molar-refractivity contribution in [3.05, 3.63) is 35.4 Å². The summed E-state index contributed by atoms with van der Waals surface area (Å²) in [6.45, 7) is 7.50. The molecular formula is C16H24O. The summed E-state index contributed by atoms with van der Waals surface area (Å²) in [6, 6.07) is 8.84. The molecule has 2 rings (SSSR count). The maximum Gasteiger partial charge on any atom is 0.0720 e. The maximum atomic E-state index is 5.90. The van der Waals surface area contributed by atoms with Crippen molar-refractivity contribution in [2.24, 2.45) is 5.92 Å². The molecule has 94 valence electrons. The number of ether oxygens (including phenoxy) is 1. The topological polar surface area (TPSA) is 9.23 Å². The molecule has 0 aliphatic heterocycles. The van der Waals surface area contributed by atoms with Crippen molar-refractivity contribution in [1.29, 1.82) is 0 Å². The van der Waals surface area contributed by atoms with Crippen LogP contribution in [-0.2, 0) is 11.3 Å². The molecule has 17 heavy (non-hydrogen) atoms. The van der Waals surface area contributed by atoms with Gasteiger partial charge in [-0.15, -0.1) is 0 Å². The zero-order valence-corrected chi connectivity index (χ0v) is 11.3. The Morgan fingerprint density at radius 2 is 1.82 bits per heavy atom. The lowest BCUT2D eigenvalue weighted by Gasteiger charge is -2.34. The summed E-state index contributed by atoms with van der Waals surface area (Å²) in [4.78, 5) is 0. The first kappa shape index (κ1) is 12.6. The molecular weight excluding hydrogens is 208 g/mol. The summed E-state index contributed by atoms with van der Waals surface area (Å²) in [5.41, 5.74) is 2.71. The van der Waals surface area contributed by atoms with Crippen LogP contribution >= 0.6 is 0 Å². The maximum absolute atomic E-state index is 5.90. The van der Waals surface area contributed by atoms with Crippen LogP contribution in [0.15, 0.2) is 24.3 Å². The molecule has 0 radical (unpaired) electrons. The van der Waals surface area contributed by atoms with E-state index in [0.717, 1.165) is 12.5 Å². The van der Waals surface area contributed by atoms with Crippen LogP contribution in [0.5, 0.6) is 0 Å². The third kappa shape index (κ3) is 3.32. The molecule has 1 aromatic rings. The molecule has 1 fully saturated rings. The minimum Gasteiger partial charge on any atom is -0.374 e. The minimum atomic E-state index is 0.518. The lowest BCUT2D eigenvalue weighted by molar-refractivity contribution is -0.0408. The molecule has 1 nitrogen and oxygen atoms in total. The highest BCUT2D eigenvalue weighted by Gasteiger charge is 2.27. The number of benzene rings is 1. The molecule has 0 bridgehead atoms. The largest absolute Gasteiger partial charge is 0.374 e. The van der Waals surface area contributed by atoms with Gasteiger partial charge in [0, 0.05) is 0 Å². The van der Waals surface area contributed by atoms with Crippen LogP contribution in [0.3, 0.4) is 0 Å². The Kier molecular flexibility index (Phi) is 4.22. The molecule has 1 saturated carbocycles. The van der Waals surface area contributed by atoms with Gasteiger partial charge in [-0.25, -0.2) is 0 Å². The Morgan fingerprint density at radius 3 is 2.35 bits per heavy atom. The van der Waals surface area contributed by atoms with Gasteiger partial charge in [0.1, 0.15) is 0 Å². The summed E-state index contributed by atoms with van der Waals surface area (Å²) in [7, 11) is 0. The van der Waals surface area contributed by atoms with E-state index in [0.29, 0.717) is 12.0 Å². The van der Waals surface area contributed by atoms with Crippen LogP contribution < -0.4 is 0 Å². The standard InChI is InChI=1S/C16H24O/c1-4-13-9-16(10-13)17-11-14-5-7-15(8-6-14)12(2)3/h5-8,12-13,16H,4,9-11H2,1-3H3. The van der Waals surface area contributed by atoms with Crippen molar-refractivity contribution in [2.75, 3.05) is 0 Å². The van der Waals surface area contributed by atoms with Crippen molar-refractivity contribution in [3.8, 4) is 0 Å². The molecule has 0 aromatic heterocycles. The molecule has 1 aliphatic rings. The molecule has 0 amide bonds. The van der Waals surface area contributed by atoms with Crippen LogP contribution in [0, 0.1) is 5.92 Å². The van der Waals surface area contributed by atoms with E-state index in [9.17, 15) is 0 Å². The van der Waals surface area contributed by atoms with Gasteiger partial charge in [0.2, 0.25) is 0 Å². The predicted molar refractivity (Wildman–Crippen MR) is 72.1 cm³/mol. The first-order valence-electron chi connectivity index (χ1n) is 6.89. The Morgan fingerprint density at radius 1 is 1.18 bits per heavy atom. The van der Waals surface area contributed by atoms with E-state index in [2.05, 4.69) is 45.0 Å². The second-order valence-electron chi connectivity index (χ2n) is 5.57. The van der Waals surface area contributed by atoms with Crippen LogP contribution in [0.25, 0.3) is 0 Å². The molecule has 0 heterocycles. The molecule has 0 N–H and O–H groups in total. The fraction of sp³-hybridized carbons (Fsp3) is 0.625. The van der Waals surface area contributed by atoms with Crippen molar-refractivity contribution in [2.45, 2.75) is 58.7 Å². The van der Waals surface area contributed by atoms with Crippen LogP contribution in [0.2, 0.25) is 0 Å². The summed E-state index contributed by atoms with van der Waals surface area (Å²) in [5.74, 6) is 1.53. The van der Waals surface area contributed by atoms with Crippen LogP contribution in [0.4, 0.5) is 0 Å². The highest BCUT2D eigenvalue weighted by Crippen LogP contribution is 2.32. The summed E-state index contributed by atoms with van der Waals surface area (Å²) in [5, 5.41) is 0. The van der Waals surface area contributed by atoms with Gasteiger partial charge in [-0.3, -0.25) is 0 Å². The molecule has 1 aliphatic carbocycles. The van der Waals surface area contributed by atoms with Gasteiger partial charge >= 0.3 is 0 Å². The smallest absolute Gasteiger partial charge is 0.0720 e. The Balaban J connectivity index is 1.76. The highest BCUT2D eigenvalue weighted by atomic mass is 16.5. The Bertz CT molecular complexity index is 333. The lowest BCUT2D eigenvalue weighted by atomic mass is 9.80. The van der Waals surface area contributed by atoms with Crippen LogP contribution in [0.1, 0.15) is 57.1 Å². The average molecular weight is 232 g/mol. The number of hydrogen-bond donors (Lipinski definition) is 0. The predicted octanol–water partition coefficient (Wildman–Crippen LogP) is 4.52. The van der Waals surface area contributed by atoms with Gasteiger partial charge < -0.3 is 4.74 Å². The SMILES string of the molecule is CCC1CC(OCc2ccc(C(C)C)cc2)C1.